The summed E-state index contributed by atoms with van der Waals surface area (Å²) in [7, 11) is -4.21. The average molecular weight is 427 g/mol. The van der Waals surface area contributed by atoms with Gasteiger partial charge in [-0.2, -0.15) is 18.8 Å². The lowest BCUT2D eigenvalue weighted by Gasteiger charge is -2.27. The van der Waals surface area contributed by atoms with E-state index in [4.69, 9.17) is 20.1 Å². The molecule has 30 heavy (non-hydrogen) atoms. The summed E-state index contributed by atoms with van der Waals surface area (Å²) in [6.45, 7) is 5.31. The molecule has 10 heteroatoms. The molecule has 2 aromatic carbocycles. The summed E-state index contributed by atoms with van der Waals surface area (Å²) in [4.78, 5) is -0.204. The molecule has 9 nitrogen and oxygen atoms in total. The largest absolute Gasteiger partial charge is 0.491 e. The molecule has 0 unspecified atom stereocenters. The van der Waals surface area contributed by atoms with Gasteiger partial charge in [-0.1, -0.05) is 18.2 Å². The van der Waals surface area contributed by atoms with Crippen LogP contribution in [0.1, 0.15) is 24.0 Å². The van der Waals surface area contributed by atoms with E-state index in [1.165, 1.54) is 29.3 Å². The van der Waals surface area contributed by atoms with E-state index < -0.39 is 15.7 Å². The third kappa shape index (κ3) is 4.06. The molecule has 0 spiro atoms. The van der Waals surface area contributed by atoms with Crippen molar-refractivity contribution in [3.05, 3.63) is 53.6 Å². The molecule has 0 aromatic heterocycles. The van der Waals surface area contributed by atoms with Crippen molar-refractivity contribution in [1.82, 2.24) is 5.01 Å². The Morgan fingerprint density at radius 1 is 1.30 bits per heavy atom. The second kappa shape index (κ2) is 8.04. The number of nitrogens with zero attached hydrogens (tertiary/aromatic N) is 3. The predicted octanol–water partition coefficient (Wildman–Crippen LogP) is 2.36. The van der Waals surface area contributed by atoms with Gasteiger partial charge in [-0.15, -0.1) is 0 Å². The molecule has 0 bridgehead atoms. The van der Waals surface area contributed by atoms with Crippen molar-refractivity contribution in [2.45, 2.75) is 30.2 Å². The zero-order chi connectivity index (χ0) is 21.9. The van der Waals surface area contributed by atoms with Crippen molar-refractivity contribution in [3.8, 4) is 17.6 Å². The van der Waals surface area contributed by atoms with E-state index in [2.05, 4.69) is 11.8 Å². The Morgan fingerprint density at radius 2 is 1.97 bits per heavy atom. The van der Waals surface area contributed by atoms with Crippen LogP contribution in [0.15, 0.2) is 52.5 Å². The van der Waals surface area contributed by atoms with Gasteiger partial charge in [0.05, 0.1) is 5.56 Å². The molecular formula is C20H21N5O4S. The number of benzene rings is 2. The van der Waals surface area contributed by atoms with Gasteiger partial charge in [0.15, 0.2) is 0 Å². The highest BCUT2D eigenvalue weighted by Crippen LogP contribution is 2.42. The van der Waals surface area contributed by atoms with E-state index in [9.17, 15) is 13.7 Å². The Morgan fingerprint density at radius 3 is 2.57 bits per heavy atom. The molecule has 0 heterocycles. The van der Waals surface area contributed by atoms with Crippen molar-refractivity contribution >= 4 is 22.8 Å². The molecule has 0 aliphatic heterocycles. The molecule has 0 amide bonds. The first-order chi connectivity index (χ1) is 14.2. The first-order valence-electron chi connectivity index (χ1n) is 9.01. The number of nitriles is 1. The number of rotatable bonds is 8. The van der Waals surface area contributed by atoms with E-state index in [0.29, 0.717) is 11.3 Å². The van der Waals surface area contributed by atoms with Crippen molar-refractivity contribution in [3.63, 3.8) is 0 Å². The summed E-state index contributed by atoms with van der Waals surface area (Å²) in [5.41, 5.74) is 5.50. The lowest BCUT2D eigenvalue weighted by molar-refractivity contribution is 0.180. The fraction of sp³-hybridized carbons (Fsp3) is 0.250. The zero-order valence-corrected chi connectivity index (χ0v) is 17.1. The van der Waals surface area contributed by atoms with Crippen LogP contribution in [0, 0.1) is 23.7 Å². The normalized spacial score (nSPS) is 14.3. The smallest absolute Gasteiger partial charge is 0.340 e. The standard InChI is InChI=1S/C20H21N5O4S/c1-14-16(28-13-20(10-11-20)25(24-2)19(22)23)7-5-8-17(14)29-30(26,27)18-9-4-3-6-15(18)12-21/h3-9H,2,10-11,13H2,1H3,(H3,22,23). The molecule has 1 fully saturated rings. The summed E-state index contributed by atoms with van der Waals surface area (Å²) in [6.07, 6.45) is 1.47. The summed E-state index contributed by atoms with van der Waals surface area (Å²) in [5, 5.41) is 21.9. The van der Waals surface area contributed by atoms with Gasteiger partial charge in [0, 0.05) is 12.3 Å². The molecule has 0 radical (unpaired) electrons. The number of hydrogen-bond acceptors (Lipinski definition) is 7. The molecule has 0 atom stereocenters. The van der Waals surface area contributed by atoms with Crippen LogP contribution in [0.25, 0.3) is 0 Å². The van der Waals surface area contributed by atoms with Gasteiger partial charge in [-0.05, 0) is 44.0 Å². The molecule has 1 saturated carbocycles. The number of guanidine groups is 1. The number of hydrogen-bond donors (Lipinski definition) is 2. The third-order valence-corrected chi connectivity index (χ3v) is 6.15. The van der Waals surface area contributed by atoms with Crippen LogP contribution in [0.2, 0.25) is 0 Å². The fourth-order valence-electron chi connectivity index (χ4n) is 3.04. The van der Waals surface area contributed by atoms with Gasteiger partial charge >= 0.3 is 10.1 Å². The minimum absolute atomic E-state index is 0.000480. The molecule has 3 N–H and O–H groups in total. The fourth-order valence-corrected chi connectivity index (χ4v) is 4.17. The highest BCUT2D eigenvalue weighted by molar-refractivity contribution is 7.87. The van der Waals surface area contributed by atoms with Gasteiger partial charge < -0.3 is 14.7 Å². The summed E-state index contributed by atoms with van der Waals surface area (Å²) >= 11 is 0. The van der Waals surface area contributed by atoms with Gasteiger partial charge in [-0.25, -0.2) is 5.01 Å². The molecule has 3 rings (SSSR count). The van der Waals surface area contributed by atoms with Crippen LogP contribution in [0.4, 0.5) is 0 Å². The van der Waals surface area contributed by atoms with Gasteiger partial charge in [0.25, 0.3) is 0 Å². The highest BCUT2D eigenvalue weighted by atomic mass is 32.2. The van der Waals surface area contributed by atoms with Gasteiger partial charge in [-0.3, -0.25) is 5.41 Å². The topological polar surface area (TPSA) is 142 Å². The minimum Gasteiger partial charge on any atom is -0.491 e. The number of nitrogens with one attached hydrogen (secondary N) is 1. The Bertz CT molecular complexity index is 1140. The Labute approximate surface area is 175 Å². The number of hydrazone groups is 1. The maximum Gasteiger partial charge on any atom is 0.340 e. The van der Waals surface area contributed by atoms with Gasteiger partial charge in [0.2, 0.25) is 5.96 Å². The molecule has 2 aromatic rings. The Hall–Kier alpha value is -3.58. The molecule has 0 saturated heterocycles. The predicted molar refractivity (Wildman–Crippen MR) is 111 cm³/mol. The lowest BCUT2D eigenvalue weighted by atomic mass is 10.2. The zero-order valence-electron chi connectivity index (χ0n) is 16.3. The number of nitrogens with two attached hydrogens (primary N) is 1. The van der Waals surface area contributed by atoms with E-state index >= 15 is 0 Å². The Kier molecular flexibility index (Phi) is 5.67. The van der Waals surface area contributed by atoms with Crippen LogP contribution in [0.3, 0.4) is 0 Å². The third-order valence-electron chi connectivity index (χ3n) is 4.85. The van der Waals surface area contributed by atoms with E-state index in [1.807, 2.05) is 6.07 Å². The van der Waals surface area contributed by atoms with Crippen LogP contribution < -0.4 is 14.7 Å². The van der Waals surface area contributed by atoms with Crippen LogP contribution in [0.5, 0.6) is 11.5 Å². The second-order valence-electron chi connectivity index (χ2n) is 6.88. The second-order valence-corrected chi connectivity index (χ2v) is 8.39. The highest BCUT2D eigenvalue weighted by Gasteiger charge is 2.50. The molecule has 1 aliphatic carbocycles. The minimum atomic E-state index is -4.21. The Balaban J connectivity index is 1.81. The summed E-state index contributed by atoms with van der Waals surface area (Å²) in [5.74, 6) is 0.299. The van der Waals surface area contributed by atoms with Crippen molar-refractivity contribution < 1.29 is 17.3 Å². The van der Waals surface area contributed by atoms with E-state index in [1.54, 1.807) is 25.1 Å². The number of ether oxygens (including phenoxy) is 1. The molecular weight excluding hydrogens is 406 g/mol. The quantitative estimate of drug-likeness (QED) is 0.285. The maximum atomic E-state index is 12.7. The summed E-state index contributed by atoms with van der Waals surface area (Å²) in [6, 6.07) is 12.5. The van der Waals surface area contributed by atoms with Crippen LogP contribution in [-0.2, 0) is 10.1 Å². The monoisotopic (exact) mass is 427 g/mol. The van der Waals surface area contributed by atoms with Crippen LogP contribution in [-0.4, -0.2) is 38.2 Å². The molecule has 156 valence electrons. The maximum absolute atomic E-state index is 12.7. The van der Waals surface area contributed by atoms with Gasteiger partial charge in [0.1, 0.15) is 34.6 Å². The summed E-state index contributed by atoms with van der Waals surface area (Å²) < 4.78 is 36.6. The first kappa shape index (κ1) is 21.1. The average Bonchev–Trinajstić information content (AvgIpc) is 3.49. The van der Waals surface area contributed by atoms with Crippen molar-refractivity contribution in [1.29, 1.82) is 10.7 Å². The molecule has 1 aliphatic rings. The lowest BCUT2D eigenvalue weighted by Crippen LogP contribution is -2.45. The van der Waals surface area contributed by atoms with Crippen molar-refractivity contribution in [2.75, 3.05) is 6.61 Å². The van der Waals surface area contributed by atoms with E-state index in [0.717, 1.165) is 12.8 Å². The SMILES string of the molecule is C=NN(C(=N)N)C1(COc2cccc(OS(=O)(=O)c3ccccc3C#N)c2C)CC1. The van der Waals surface area contributed by atoms with Crippen molar-refractivity contribution in [2.24, 2.45) is 10.8 Å². The first-order valence-corrected chi connectivity index (χ1v) is 10.4. The van der Waals surface area contributed by atoms with E-state index in [-0.39, 0.29) is 28.8 Å². The van der Waals surface area contributed by atoms with Crippen LogP contribution >= 0.6 is 0 Å².